The van der Waals surface area contributed by atoms with Gasteiger partial charge in [0.25, 0.3) is 0 Å². The summed E-state index contributed by atoms with van der Waals surface area (Å²) in [5.41, 5.74) is 14.9. The van der Waals surface area contributed by atoms with E-state index in [0.29, 0.717) is 12.4 Å². The first-order valence-electron chi connectivity index (χ1n) is 11.4. The van der Waals surface area contributed by atoms with Crippen molar-refractivity contribution in [1.82, 2.24) is 15.0 Å². The number of nitrogens with zero attached hydrogens (tertiary/aromatic N) is 4. The fourth-order valence-corrected chi connectivity index (χ4v) is 3.61. The monoisotopic (exact) mass is 575 g/mol. The van der Waals surface area contributed by atoms with E-state index in [1.54, 1.807) is 13.3 Å². The summed E-state index contributed by atoms with van der Waals surface area (Å²) in [6.07, 6.45) is 7.20. The number of pyridine rings is 1. The van der Waals surface area contributed by atoms with E-state index in [2.05, 4.69) is 39.6 Å². The van der Waals surface area contributed by atoms with Crippen molar-refractivity contribution in [2.24, 2.45) is 16.5 Å². The van der Waals surface area contributed by atoms with Crippen LogP contribution in [0.4, 0.5) is 5.82 Å². The van der Waals surface area contributed by atoms with Crippen LogP contribution in [0.15, 0.2) is 71.9 Å². The molecule has 8 nitrogen and oxygen atoms in total. The van der Waals surface area contributed by atoms with Gasteiger partial charge in [-0.25, -0.2) is 9.97 Å². The second-order valence-electron chi connectivity index (χ2n) is 7.95. The maximum absolute atomic E-state index is 5.41. The van der Waals surface area contributed by atoms with Crippen LogP contribution in [-0.4, -0.2) is 41.1 Å². The molecule has 2 aromatic heterocycles. The maximum atomic E-state index is 5.41. The van der Waals surface area contributed by atoms with Crippen LogP contribution >= 0.6 is 37.2 Å². The number of benzene rings is 2. The summed E-state index contributed by atoms with van der Waals surface area (Å²) in [5, 5.41) is 4.40. The van der Waals surface area contributed by atoms with Gasteiger partial charge in [0.05, 0.1) is 18.3 Å². The molecule has 2 heterocycles. The number of aliphatic imine (C=N–C) groups is 1. The molecule has 0 amide bonds. The van der Waals surface area contributed by atoms with E-state index in [4.69, 9.17) is 26.2 Å². The third kappa shape index (κ3) is 9.37. The van der Waals surface area contributed by atoms with Crippen molar-refractivity contribution in [3.8, 4) is 5.75 Å². The fourth-order valence-electron chi connectivity index (χ4n) is 3.61. The standard InChI is InChI=1S/C27H29N7O.3ClH/c1-35-22-10-11-24-23(18-22)26(34-25(33-24)12-9-21-4-2-3-15-30-21)31-16-13-19-5-7-20(8-6-19)14-17-32-27(28)29;;;/h2-12,15,18H,13-14,16-17H2,1H3,(H4,28,29,32)(H,31,33,34);3*1H. The molecule has 0 aliphatic carbocycles. The number of nitrogens with one attached hydrogen (secondary N) is 1. The van der Waals surface area contributed by atoms with E-state index in [0.717, 1.165) is 47.6 Å². The molecule has 0 fully saturated rings. The highest BCUT2D eigenvalue weighted by Crippen LogP contribution is 2.26. The minimum absolute atomic E-state index is 0. The van der Waals surface area contributed by atoms with Crippen LogP contribution in [0.1, 0.15) is 22.6 Å². The number of hydrogen-bond acceptors (Lipinski definition) is 6. The number of aromatic nitrogens is 3. The Morgan fingerprint density at radius 1 is 0.921 bits per heavy atom. The van der Waals surface area contributed by atoms with E-state index < -0.39 is 0 Å². The predicted molar refractivity (Wildman–Crippen MR) is 164 cm³/mol. The summed E-state index contributed by atoms with van der Waals surface area (Å²) in [7, 11) is 1.65. The van der Waals surface area contributed by atoms with Crippen LogP contribution in [0.5, 0.6) is 5.75 Å². The Labute approximate surface area is 241 Å². The second kappa shape index (κ2) is 16.3. The summed E-state index contributed by atoms with van der Waals surface area (Å²) in [6.45, 7) is 1.31. The molecule has 0 saturated heterocycles. The van der Waals surface area contributed by atoms with E-state index >= 15 is 0 Å². The topological polar surface area (TPSA) is 124 Å². The van der Waals surface area contributed by atoms with Gasteiger partial charge in [0.15, 0.2) is 11.8 Å². The smallest absolute Gasteiger partial charge is 0.185 e. The molecule has 11 heteroatoms. The van der Waals surface area contributed by atoms with Gasteiger partial charge in [-0.3, -0.25) is 9.98 Å². The number of methoxy groups -OCH3 is 1. The van der Waals surface area contributed by atoms with Crippen molar-refractivity contribution >= 4 is 72.1 Å². The molecular weight excluding hydrogens is 545 g/mol. The largest absolute Gasteiger partial charge is 0.497 e. The molecular formula is C27H32Cl3N7O. The van der Waals surface area contributed by atoms with Crippen molar-refractivity contribution in [3.63, 3.8) is 0 Å². The minimum atomic E-state index is 0. The first-order chi connectivity index (χ1) is 17.1. The molecule has 0 aliphatic heterocycles. The van der Waals surface area contributed by atoms with Crippen molar-refractivity contribution in [1.29, 1.82) is 0 Å². The average molecular weight is 577 g/mol. The lowest BCUT2D eigenvalue weighted by Gasteiger charge is -2.11. The molecule has 0 aliphatic rings. The van der Waals surface area contributed by atoms with Gasteiger partial charge in [-0.1, -0.05) is 30.3 Å². The maximum Gasteiger partial charge on any atom is 0.185 e. The average Bonchev–Trinajstić information content (AvgIpc) is 2.88. The predicted octanol–water partition coefficient (Wildman–Crippen LogP) is 4.94. The van der Waals surface area contributed by atoms with Crippen molar-refractivity contribution < 1.29 is 4.74 Å². The Morgan fingerprint density at radius 2 is 1.66 bits per heavy atom. The van der Waals surface area contributed by atoms with Gasteiger partial charge in [0.2, 0.25) is 0 Å². The first-order valence-corrected chi connectivity index (χ1v) is 11.4. The number of fused-ring (bicyclic) bond motifs is 1. The van der Waals surface area contributed by atoms with E-state index in [1.807, 2.05) is 48.6 Å². The zero-order valence-corrected chi connectivity index (χ0v) is 23.4. The molecule has 202 valence electrons. The summed E-state index contributed by atoms with van der Waals surface area (Å²) >= 11 is 0. The lowest BCUT2D eigenvalue weighted by molar-refractivity contribution is 0.415. The van der Waals surface area contributed by atoms with Gasteiger partial charge in [-0.15, -0.1) is 37.2 Å². The molecule has 0 unspecified atom stereocenters. The highest BCUT2D eigenvalue weighted by molar-refractivity contribution is 5.91. The molecule has 38 heavy (non-hydrogen) atoms. The summed E-state index contributed by atoms with van der Waals surface area (Å²) in [5.74, 6) is 2.26. The number of rotatable bonds is 10. The first kappa shape index (κ1) is 32.4. The van der Waals surface area contributed by atoms with Crippen LogP contribution in [0.2, 0.25) is 0 Å². The van der Waals surface area contributed by atoms with Crippen molar-refractivity contribution in [3.05, 3.63) is 89.5 Å². The number of anilines is 1. The number of ether oxygens (including phenoxy) is 1. The Morgan fingerprint density at radius 3 is 2.32 bits per heavy atom. The molecule has 0 radical (unpaired) electrons. The van der Waals surface area contributed by atoms with Crippen LogP contribution < -0.4 is 21.5 Å². The van der Waals surface area contributed by atoms with E-state index in [1.165, 1.54) is 11.1 Å². The lowest BCUT2D eigenvalue weighted by Crippen LogP contribution is -2.23. The van der Waals surface area contributed by atoms with Gasteiger partial charge in [-0.2, -0.15) is 0 Å². The number of hydrogen-bond donors (Lipinski definition) is 3. The third-order valence-corrected chi connectivity index (χ3v) is 5.44. The summed E-state index contributed by atoms with van der Waals surface area (Å²) in [4.78, 5) is 17.8. The van der Waals surface area contributed by atoms with E-state index in [9.17, 15) is 0 Å². The SMILES string of the molecule is COc1ccc2nc(C=Cc3ccccn3)nc(NCCc3ccc(CCN=C(N)N)cc3)c2c1.Cl.Cl.Cl. The van der Waals surface area contributed by atoms with Gasteiger partial charge < -0.3 is 21.5 Å². The van der Waals surface area contributed by atoms with Gasteiger partial charge >= 0.3 is 0 Å². The zero-order valence-electron chi connectivity index (χ0n) is 20.9. The fraction of sp³-hybridized carbons (Fsp3) is 0.185. The molecule has 0 spiro atoms. The zero-order chi connectivity index (χ0) is 24.5. The molecule has 0 saturated carbocycles. The lowest BCUT2D eigenvalue weighted by atomic mass is 10.1. The molecule has 4 rings (SSSR count). The molecule has 0 bridgehead atoms. The van der Waals surface area contributed by atoms with Crippen molar-refractivity contribution in [2.75, 3.05) is 25.5 Å². The van der Waals surface area contributed by atoms with Gasteiger partial charge in [0.1, 0.15) is 11.6 Å². The Balaban J connectivity index is 0.00000241. The highest BCUT2D eigenvalue weighted by atomic mass is 35.5. The summed E-state index contributed by atoms with van der Waals surface area (Å²) < 4.78 is 5.41. The van der Waals surface area contributed by atoms with Crippen LogP contribution in [0.3, 0.4) is 0 Å². The normalized spacial score (nSPS) is 10.1. The van der Waals surface area contributed by atoms with E-state index in [-0.39, 0.29) is 43.2 Å². The molecule has 2 aromatic carbocycles. The Hall–Kier alpha value is -3.59. The van der Waals surface area contributed by atoms with Gasteiger partial charge in [0, 0.05) is 24.7 Å². The highest BCUT2D eigenvalue weighted by Gasteiger charge is 2.08. The Kier molecular flexibility index (Phi) is 13.9. The van der Waals surface area contributed by atoms with Gasteiger partial charge in [-0.05, 0) is 66.5 Å². The molecule has 0 atom stereocenters. The van der Waals surface area contributed by atoms with Crippen LogP contribution in [0.25, 0.3) is 23.1 Å². The quantitative estimate of drug-likeness (QED) is 0.180. The van der Waals surface area contributed by atoms with Crippen molar-refractivity contribution in [2.45, 2.75) is 12.8 Å². The number of nitrogens with two attached hydrogens (primary N) is 2. The number of halogens is 3. The number of guanidine groups is 1. The molecule has 4 aromatic rings. The van der Waals surface area contributed by atoms with Crippen LogP contribution in [0, 0.1) is 0 Å². The summed E-state index contributed by atoms with van der Waals surface area (Å²) in [6, 6.07) is 20.1. The minimum Gasteiger partial charge on any atom is -0.497 e. The third-order valence-electron chi connectivity index (χ3n) is 5.44. The molecule has 5 N–H and O–H groups in total. The Bertz CT molecular complexity index is 1330. The van der Waals surface area contributed by atoms with Crippen LogP contribution in [-0.2, 0) is 12.8 Å². The second-order valence-corrected chi connectivity index (χ2v) is 7.95.